The summed E-state index contributed by atoms with van der Waals surface area (Å²) in [6, 6.07) is 0. The number of carbonyl (C=O) groups is 1. The Morgan fingerprint density at radius 3 is 2.71 bits per heavy atom. The zero-order valence-corrected chi connectivity index (χ0v) is 4.35. The molecule has 0 aromatic rings. The van der Waals surface area contributed by atoms with Gasteiger partial charge >= 0.3 is 0 Å². The van der Waals surface area contributed by atoms with E-state index in [4.69, 9.17) is 0 Å². The lowest BCUT2D eigenvalue weighted by Gasteiger charge is -2.04. The van der Waals surface area contributed by atoms with Gasteiger partial charge < -0.3 is 4.90 Å². The molecule has 3 heteroatoms. The summed E-state index contributed by atoms with van der Waals surface area (Å²) in [6.45, 7) is 0.902. The topological polar surface area (TPSA) is 20.3 Å². The quantitative estimate of drug-likeness (QED) is 0.393. The van der Waals surface area contributed by atoms with Crippen LogP contribution in [0.2, 0.25) is 6.32 Å². The van der Waals surface area contributed by atoms with Crippen LogP contribution in [0.5, 0.6) is 0 Å². The second kappa shape index (κ2) is 1.56. The normalized spacial score (nSPS) is 20.1. The highest BCUT2D eigenvalue weighted by Gasteiger charge is 2.15. The fraction of sp³-hybridized carbons (Fsp3) is 0.750. The summed E-state index contributed by atoms with van der Waals surface area (Å²) in [6.07, 6.45) is 0.926. The summed E-state index contributed by atoms with van der Waals surface area (Å²) in [5, 5.41) is 0. The summed E-state index contributed by atoms with van der Waals surface area (Å²) in [4.78, 5) is 12.2. The Kier molecular flexibility index (Phi) is 1.05. The Balaban J connectivity index is 2.48. The van der Waals surface area contributed by atoms with Crippen molar-refractivity contribution in [1.82, 2.24) is 4.90 Å². The average molecular weight is 95.9 g/mol. The Morgan fingerprint density at radius 1 is 1.86 bits per heavy atom. The SMILES string of the molecule is CN1CC[B]C1=O. The third-order valence-corrected chi connectivity index (χ3v) is 1.16. The third-order valence-electron chi connectivity index (χ3n) is 1.16. The van der Waals surface area contributed by atoms with Crippen LogP contribution < -0.4 is 0 Å². The van der Waals surface area contributed by atoms with Crippen molar-refractivity contribution in [1.29, 1.82) is 0 Å². The van der Waals surface area contributed by atoms with Gasteiger partial charge in [-0.15, -0.1) is 0 Å². The van der Waals surface area contributed by atoms with Crippen molar-refractivity contribution in [3.63, 3.8) is 0 Å². The number of carbonyl (C=O) groups excluding carboxylic acids is 1. The molecular weight excluding hydrogens is 88.9 g/mol. The minimum absolute atomic E-state index is 0.167. The molecule has 0 atom stereocenters. The molecular formula is C4H7BNO. The molecule has 1 rings (SSSR count). The summed E-state index contributed by atoms with van der Waals surface area (Å²) < 4.78 is 0. The number of amides is 1. The van der Waals surface area contributed by atoms with Gasteiger partial charge in [-0.25, -0.2) is 0 Å². The van der Waals surface area contributed by atoms with Crippen LogP contribution in [0.25, 0.3) is 0 Å². The standard InChI is InChI=1S/C4H7BNO/c1-6-3-2-5-4(6)7/h2-3H2,1H3. The van der Waals surface area contributed by atoms with E-state index in [1.54, 1.807) is 12.2 Å². The van der Waals surface area contributed by atoms with Gasteiger partial charge in [0.2, 0.25) is 7.28 Å². The van der Waals surface area contributed by atoms with Crippen LogP contribution in [0.15, 0.2) is 0 Å². The first-order valence-corrected chi connectivity index (χ1v) is 2.39. The van der Waals surface area contributed by atoms with Crippen molar-refractivity contribution in [2.45, 2.75) is 6.32 Å². The summed E-state index contributed by atoms with van der Waals surface area (Å²) in [5.41, 5.74) is 0. The molecule has 0 unspecified atom stereocenters. The predicted octanol–water partition coefficient (Wildman–Crippen LogP) is 0.174. The largest absolute Gasteiger partial charge is 0.356 e. The van der Waals surface area contributed by atoms with Crippen LogP contribution in [0.3, 0.4) is 0 Å². The monoisotopic (exact) mass is 96.1 g/mol. The van der Waals surface area contributed by atoms with Gasteiger partial charge in [0.25, 0.3) is 0 Å². The second-order valence-corrected chi connectivity index (χ2v) is 1.75. The van der Waals surface area contributed by atoms with E-state index in [1.807, 2.05) is 7.05 Å². The van der Waals surface area contributed by atoms with Crippen molar-refractivity contribution in [2.75, 3.05) is 13.6 Å². The lowest BCUT2D eigenvalue weighted by Crippen LogP contribution is -2.18. The molecule has 0 bridgehead atoms. The predicted molar refractivity (Wildman–Crippen MR) is 28.6 cm³/mol. The fourth-order valence-corrected chi connectivity index (χ4v) is 0.648. The lowest BCUT2D eigenvalue weighted by molar-refractivity contribution is 0.237. The van der Waals surface area contributed by atoms with Gasteiger partial charge in [-0.2, -0.15) is 0 Å². The molecule has 1 fully saturated rings. The summed E-state index contributed by atoms with van der Waals surface area (Å²) in [5.74, 6) is 0.167. The zero-order valence-electron chi connectivity index (χ0n) is 4.35. The van der Waals surface area contributed by atoms with Crippen LogP contribution in [0.4, 0.5) is 4.79 Å². The van der Waals surface area contributed by atoms with E-state index < -0.39 is 0 Å². The van der Waals surface area contributed by atoms with E-state index in [0.29, 0.717) is 0 Å². The molecule has 0 aromatic carbocycles. The highest BCUT2D eigenvalue weighted by atomic mass is 16.2. The van der Waals surface area contributed by atoms with Gasteiger partial charge in [-0.3, -0.25) is 4.79 Å². The van der Waals surface area contributed by atoms with Crippen LogP contribution in [-0.2, 0) is 0 Å². The molecule has 7 heavy (non-hydrogen) atoms. The highest BCUT2D eigenvalue weighted by Crippen LogP contribution is 1.98. The van der Waals surface area contributed by atoms with Gasteiger partial charge in [0.05, 0.1) is 0 Å². The minimum atomic E-state index is 0.167. The van der Waals surface area contributed by atoms with Gasteiger partial charge in [0, 0.05) is 13.6 Å². The summed E-state index contributed by atoms with van der Waals surface area (Å²) in [7, 11) is 3.52. The van der Waals surface area contributed by atoms with Gasteiger partial charge in [-0.1, -0.05) is 6.32 Å². The van der Waals surface area contributed by atoms with Crippen molar-refractivity contribution in [3.8, 4) is 0 Å². The van der Waals surface area contributed by atoms with E-state index in [2.05, 4.69) is 0 Å². The van der Waals surface area contributed by atoms with E-state index in [-0.39, 0.29) is 5.81 Å². The Bertz CT molecular complexity index is 93.7. The molecule has 1 heterocycles. The number of hydrogen-bond donors (Lipinski definition) is 0. The number of nitrogens with zero attached hydrogens (tertiary/aromatic N) is 1. The molecule has 2 nitrogen and oxygen atoms in total. The number of hydrogen-bond acceptors (Lipinski definition) is 1. The van der Waals surface area contributed by atoms with Crippen molar-refractivity contribution < 1.29 is 4.79 Å². The van der Waals surface area contributed by atoms with Gasteiger partial charge in [0.1, 0.15) is 0 Å². The van der Waals surface area contributed by atoms with Gasteiger partial charge in [0.15, 0.2) is 5.81 Å². The van der Waals surface area contributed by atoms with Crippen LogP contribution in [0.1, 0.15) is 0 Å². The Labute approximate surface area is 43.7 Å². The van der Waals surface area contributed by atoms with E-state index in [0.717, 1.165) is 12.9 Å². The maximum absolute atomic E-state index is 10.4. The van der Waals surface area contributed by atoms with Crippen molar-refractivity contribution in [3.05, 3.63) is 0 Å². The smallest absolute Gasteiger partial charge is 0.234 e. The van der Waals surface area contributed by atoms with Crippen molar-refractivity contribution >= 4 is 13.1 Å². The first kappa shape index (κ1) is 4.69. The average Bonchev–Trinajstić information content (AvgIpc) is 1.91. The molecule has 0 N–H and O–H groups in total. The highest BCUT2D eigenvalue weighted by molar-refractivity contribution is 6.74. The zero-order chi connectivity index (χ0) is 5.28. The lowest BCUT2D eigenvalue weighted by atomic mass is 9.77. The summed E-state index contributed by atoms with van der Waals surface area (Å²) >= 11 is 0. The first-order valence-electron chi connectivity index (χ1n) is 2.39. The molecule has 1 amide bonds. The molecule has 37 valence electrons. The van der Waals surface area contributed by atoms with Crippen LogP contribution >= 0.6 is 0 Å². The molecule has 1 aliphatic heterocycles. The number of rotatable bonds is 0. The molecule has 0 saturated carbocycles. The molecule has 1 radical (unpaired) electrons. The molecule has 0 aromatic heterocycles. The maximum atomic E-state index is 10.4. The minimum Gasteiger partial charge on any atom is -0.356 e. The Hall–Kier alpha value is -0.465. The molecule has 0 aliphatic carbocycles. The molecule has 1 aliphatic rings. The third kappa shape index (κ3) is 0.761. The first-order chi connectivity index (χ1) is 3.30. The molecule has 0 spiro atoms. The fourth-order valence-electron chi connectivity index (χ4n) is 0.648. The van der Waals surface area contributed by atoms with Gasteiger partial charge in [-0.05, 0) is 0 Å². The van der Waals surface area contributed by atoms with Crippen LogP contribution in [0, 0.1) is 0 Å². The second-order valence-electron chi connectivity index (χ2n) is 1.75. The van der Waals surface area contributed by atoms with Crippen molar-refractivity contribution in [2.24, 2.45) is 0 Å². The van der Waals surface area contributed by atoms with E-state index in [1.165, 1.54) is 0 Å². The van der Waals surface area contributed by atoms with E-state index >= 15 is 0 Å². The maximum Gasteiger partial charge on any atom is 0.234 e. The Morgan fingerprint density at radius 2 is 2.57 bits per heavy atom. The molecule has 1 saturated heterocycles. The van der Waals surface area contributed by atoms with E-state index in [9.17, 15) is 4.79 Å². The van der Waals surface area contributed by atoms with Crippen LogP contribution in [-0.4, -0.2) is 31.6 Å².